The van der Waals surface area contributed by atoms with Gasteiger partial charge in [-0.15, -0.1) is 0 Å². The molecule has 1 fully saturated rings. The number of aliphatic carboxylic acids is 1. The number of carbonyl (C=O) groups is 1. The first-order valence-electron chi connectivity index (χ1n) is 6.39. The van der Waals surface area contributed by atoms with E-state index in [-0.39, 0.29) is 5.92 Å². The van der Waals surface area contributed by atoms with Gasteiger partial charge in [-0.1, -0.05) is 59.0 Å². The van der Waals surface area contributed by atoms with E-state index in [0.717, 1.165) is 24.7 Å². The summed E-state index contributed by atoms with van der Waals surface area (Å²) in [5.41, 5.74) is 0. The Kier molecular flexibility index (Phi) is 7.05. The van der Waals surface area contributed by atoms with Gasteiger partial charge in [0.25, 0.3) is 0 Å². The summed E-state index contributed by atoms with van der Waals surface area (Å²) in [7, 11) is 0. The van der Waals surface area contributed by atoms with Crippen LogP contribution in [0, 0.1) is 29.6 Å². The summed E-state index contributed by atoms with van der Waals surface area (Å²) in [4.78, 5) is 11.2. The van der Waals surface area contributed by atoms with Crippen LogP contribution in [0.1, 0.15) is 33.1 Å². The smallest absolute Gasteiger partial charge is 0.306 e. The number of alkyl halides is 2. The van der Waals surface area contributed by atoms with Crippen molar-refractivity contribution in [1.29, 1.82) is 0 Å². The van der Waals surface area contributed by atoms with Crippen molar-refractivity contribution in [3.8, 4) is 0 Å². The standard InChI is InChI=1S/C13H22I2O2/c1-3-9(13(16)17)5-12-8(2)10(6-14)4-11(12)7-15/h8-12H,3-7H2,1-2H3,(H,16,17). The second-order valence-corrected chi connectivity index (χ2v) is 7.03. The fourth-order valence-corrected chi connectivity index (χ4v) is 5.29. The van der Waals surface area contributed by atoms with Gasteiger partial charge in [0.05, 0.1) is 5.92 Å². The third-order valence-corrected chi connectivity index (χ3v) is 6.69. The third-order valence-electron chi connectivity index (χ3n) is 4.43. The molecule has 0 heterocycles. The predicted octanol–water partition coefficient (Wildman–Crippen LogP) is 4.25. The second kappa shape index (κ2) is 7.50. The molecule has 1 aliphatic carbocycles. The molecule has 1 rings (SSSR count). The van der Waals surface area contributed by atoms with Gasteiger partial charge in [-0.3, -0.25) is 4.79 Å². The van der Waals surface area contributed by atoms with Crippen LogP contribution >= 0.6 is 45.2 Å². The van der Waals surface area contributed by atoms with Gasteiger partial charge in [-0.05, 0) is 42.9 Å². The van der Waals surface area contributed by atoms with Gasteiger partial charge in [0.2, 0.25) is 0 Å². The largest absolute Gasteiger partial charge is 0.481 e. The summed E-state index contributed by atoms with van der Waals surface area (Å²) < 4.78 is 2.39. The summed E-state index contributed by atoms with van der Waals surface area (Å²) in [6.07, 6.45) is 2.95. The van der Waals surface area contributed by atoms with Crippen LogP contribution in [0.2, 0.25) is 0 Å². The molecule has 17 heavy (non-hydrogen) atoms. The molecular formula is C13H22I2O2. The van der Waals surface area contributed by atoms with Crippen molar-refractivity contribution >= 4 is 51.2 Å². The minimum absolute atomic E-state index is 0.138. The van der Waals surface area contributed by atoms with E-state index < -0.39 is 5.97 Å². The van der Waals surface area contributed by atoms with Gasteiger partial charge in [0.15, 0.2) is 0 Å². The Morgan fingerprint density at radius 3 is 2.35 bits per heavy atom. The van der Waals surface area contributed by atoms with Crippen molar-refractivity contribution in [3.05, 3.63) is 0 Å². The zero-order chi connectivity index (χ0) is 13.0. The Morgan fingerprint density at radius 1 is 1.35 bits per heavy atom. The highest BCUT2D eigenvalue weighted by molar-refractivity contribution is 14.1. The molecule has 1 N–H and O–H groups in total. The maximum absolute atomic E-state index is 11.2. The minimum atomic E-state index is -0.607. The molecule has 5 atom stereocenters. The predicted molar refractivity (Wildman–Crippen MR) is 88.1 cm³/mol. The summed E-state index contributed by atoms with van der Waals surface area (Å²) in [5, 5.41) is 9.20. The lowest BCUT2D eigenvalue weighted by atomic mass is 9.81. The SMILES string of the molecule is CCC(CC1C(CI)CC(CI)C1C)C(=O)O. The molecule has 0 aromatic heterocycles. The van der Waals surface area contributed by atoms with Crippen LogP contribution in [0.25, 0.3) is 0 Å². The van der Waals surface area contributed by atoms with Crippen LogP contribution in [-0.2, 0) is 4.79 Å². The Labute approximate surface area is 132 Å². The Morgan fingerprint density at radius 2 is 1.94 bits per heavy atom. The van der Waals surface area contributed by atoms with E-state index in [2.05, 4.69) is 52.1 Å². The summed E-state index contributed by atoms with van der Waals surface area (Å²) in [6, 6.07) is 0. The van der Waals surface area contributed by atoms with E-state index in [4.69, 9.17) is 0 Å². The highest BCUT2D eigenvalue weighted by Gasteiger charge is 2.40. The molecule has 1 saturated carbocycles. The Balaban J connectivity index is 2.69. The summed E-state index contributed by atoms with van der Waals surface area (Å²) in [6.45, 7) is 4.32. The molecule has 0 aliphatic heterocycles. The van der Waals surface area contributed by atoms with E-state index in [1.54, 1.807) is 0 Å². The van der Waals surface area contributed by atoms with Gasteiger partial charge >= 0.3 is 5.97 Å². The highest BCUT2D eigenvalue weighted by atomic mass is 127. The Hall–Kier alpha value is 0.930. The molecule has 1 aliphatic rings. The normalized spacial score (nSPS) is 34.8. The van der Waals surface area contributed by atoms with Crippen LogP contribution in [-0.4, -0.2) is 19.9 Å². The van der Waals surface area contributed by atoms with Gasteiger partial charge < -0.3 is 5.11 Å². The van der Waals surface area contributed by atoms with Crippen molar-refractivity contribution in [2.75, 3.05) is 8.86 Å². The fourth-order valence-electron chi connectivity index (χ4n) is 3.12. The lowest BCUT2D eigenvalue weighted by Gasteiger charge is -2.25. The number of halogens is 2. The minimum Gasteiger partial charge on any atom is -0.481 e. The zero-order valence-corrected chi connectivity index (χ0v) is 14.8. The van der Waals surface area contributed by atoms with Crippen LogP contribution in [0.5, 0.6) is 0 Å². The monoisotopic (exact) mass is 464 g/mol. The second-order valence-electron chi connectivity index (χ2n) is 5.27. The molecule has 2 nitrogen and oxygen atoms in total. The maximum Gasteiger partial charge on any atom is 0.306 e. The van der Waals surface area contributed by atoms with Crippen molar-refractivity contribution in [2.45, 2.75) is 33.1 Å². The summed E-state index contributed by atoms with van der Waals surface area (Å²) in [5.74, 6) is 2.10. The van der Waals surface area contributed by atoms with E-state index in [9.17, 15) is 9.90 Å². The van der Waals surface area contributed by atoms with Crippen LogP contribution in [0.3, 0.4) is 0 Å². The van der Waals surface area contributed by atoms with E-state index in [0.29, 0.717) is 11.8 Å². The number of hydrogen-bond donors (Lipinski definition) is 1. The van der Waals surface area contributed by atoms with E-state index in [1.807, 2.05) is 6.92 Å². The van der Waals surface area contributed by atoms with Gasteiger partial charge in [-0.25, -0.2) is 0 Å². The van der Waals surface area contributed by atoms with Crippen molar-refractivity contribution in [1.82, 2.24) is 0 Å². The molecule has 100 valence electrons. The van der Waals surface area contributed by atoms with Crippen molar-refractivity contribution in [3.63, 3.8) is 0 Å². The number of hydrogen-bond acceptors (Lipinski definition) is 1. The first-order chi connectivity index (χ1) is 8.04. The number of carboxylic acid groups (broad SMARTS) is 1. The summed E-state index contributed by atoms with van der Waals surface area (Å²) >= 11 is 4.95. The molecule has 0 amide bonds. The van der Waals surface area contributed by atoms with Gasteiger partial charge in [-0.2, -0.15) is 0 Å². The van der Waals surface area contributed by atoms with E-state index >= 15 is 0 Å². The zero-order valence-electron chi connectivity index (χ0n) is 10.5. The highest BCUT2D eigenvalue weighted by Crippen LogP contribution is 2.46. The van der Waals surface area contributed by atoms with Crippen molar-refractivity contribution in [2.24, 2.45) is 29.6 Å². The Bertz CT molecular complexity index is 256. The molecule has 0 bridgehead atoms. The molecule has 0 aromatic rings. The first kappa shape index (κ1) is 16.0. The molecule has 0 aromatic carbocycles. The van der Waals surface area contributed by atoms with Gasteiger partial charge in [0.1, 0.15) is 0 Å². The maximum atomic E-state index is 11.2. The van der Waals surface area contributed by atoms with E-state index in [1.165, 1.54) is 15.3 Å². The van der Waals surface area contributed by atoms with Crippen LogP contribution in [0.15, 0.2) is 0 Å². The molecule has 0 spiro atoms. The number of rotatable bonds is 6. The lowest BCUT2D eigenvalue weighted by molar-refractivity contribution is -0.142. The average molecular weight is 464 g/mol. The first-order valence-corrected chi connectivity index (χ1v) is 9.44. The third kappa shape index (κ3) is 3.94. The topological polar surface area (TPSA) is 37.3 Å². The molecule has 0 saturated heterocycles. The van der Waals surface area contributed by atoms with Crippen LogP contribution < -0.4 is 0 Å². The molecule has 0 radical (unpaired) electrons. The van der Waals surface area contributed by atoms with Crippen LogP contribution in [0.4, 0.5) is 0 Å². The van der Waals surface area contributed by atoms with Crippen molar-refractivity contribution < 1.29 is 9.90 Å². The van der Waals surface area contributed by atoms with Gasteiger partial charge in [0, 0.05) is 8.86 Å². The number of carboxylic acids is 1. The average Bonchev–Trinajstić information content (AvgIpc) is 2.62. The lowest BCUT2D eigenvalue weighted by Crippen LogP contribution is -2.23. The molecule has 4 heteroatoms. The molecule has 5 unspecified atom stereocenters. The quantitative estimate of drug-likeness (QED) is 0.472. The fraction of sp³-hybridized carbons (Fsp3) is 0.923. The molecular weight excluding hydrogens is 442 g/mol.